The number of esters is 1. The van der Waals surface area contributed by atoms with Gasteiger partial charge < -0.3 is 14.8 Å². The van der Waals surface area contributed by atoms with Crippen LogP contribution in [0, 0.1) is 10.1 Å². The van der Waals surface area contributed by atoms with E-state index in [1.54, 1.807) is 12.1 Å². The smallest absolute Gasteiger partial charge is 0.347 e. The molecule has 1 aromatic carbocycles. The Morgan fingerprint density at radius 3 is 2.81 bits per heavy atom. The molecule has 7 nitrogen and oxygen atoms in total. The summed E-state index contributed by atoms with van der Waals surface area (Å²) in [6.07, 6.45) is 1.99. The number of rotatable bonds is 6. The number of nitro groups is 1. The average molecular weight is 292 g/mol. The lowest BCUT2D eigenvalue weighted by Crippen LogP contribution is -2.22. The minimum absolute atomic E-state index is 0.110. The van der Waals surface area contributed by atoms with Crippen LogP contribution in [0.25, 0.3) is 0 Å². The summed E-state index contributed by atoms with van der Waals surface area (Å²) in [6.45, 7) is 0.887. The number of nitrogens with one attached hydrogen (secondary N) is 1. The van der Waals surface area contributed by atoms with Gasteiger partial charge in [0.1, 0.15) is 0 Å². The van der Waals surface area contributed by atoms with E-state index in [0.717, 1.165) is 18.4 Å². The van der Waals surface area contributed by atoms with Crippen molar-refractivity contribution in [3.63, 3.8) is 0 Å². The quantitative estimate of drug-likeness (QED) is 0.486. The Morgan fingerprint density at radius 2 is 2.19 bits per heavy atom. The van der Waals surface area contributed by atoms with Crippen molar-refractivity contribution in [2.45, 2.75) is 38.0 Å². The molecule has 1 saturated heterocycles. The fourth-order valence-electron chi connectivity index (χ4n) is 2.20. The lowest BCUT2D eigenvalue weighted by molar-refractivity contribution is -0.386. The van der Waals surface area contributed by atoms with Crippen molar-refractivity contribution in [2.75, 3.05) is 6.61 Å². The van der Waals surface area contributed by atoms with E-state index in [0.29, 0.717) is 25.6 Å². The Balaban J connectivity index is 1.74. The molecular weight excluding hydrogens is 276 g/mol. The molecule has 1 aliphatic heterocycles. The van der Waals surface area contributed by atoms with E-state index in [-0.39, 0.29) is 11.4 Å². The Kier molecular flexibility index (Phi) is 3.74. The van der Waals surface area contributed by atoms with Crippen LogP contribution in [0.4, 0.5) is 5.69 Å². The van der Waals surface area contributed by atoms with Gasteiger partial charge in [-0.2, -0.15) is 0 Å². The lowest BCUT2D eigenvalue weighted by Gasteiger charge is -2.11. The van der Waals surface area contributed by atoms with Crippen molar-refractivity contribution in [3.05, 3.63) is 33.9 Å². The van der Waals surface area contributed by atoms with Gasteiger partial charge in [-0.15, -0.1) is 0 Å². The van der Waals surface area contributed by atoms with Crippen LogP contribution in [0.2, 0.25) is 0 Å². The number of hydrogen-bond donors (Lipinski definition) is 1. The number of cyclic esters (lactones) is 1. The van der Waals surface area contributed by atoms with Gasteiger partial charge in [-0.05, 0) is 24.5 Å². The van der Waals surface area contributed by atoms with Gasteiger partial charge in [0.25, 0.3) is 0 Å². The van der Waals surface area contributed by atoms with Gasteiger partial charge in [-0.1, -0.05) is 6.07 Å². The summed E-state index contributed by atoms with van der Waals surface area (Å²) in [7, 11) is 0. The Morgan fingerprint density at radius 1 is 1.38 bits per heavy atom. The molecule has 1 aliphatic carbocycles. The molecule has 2 fully saturated rings. The Labute approximate surface area is 121 Å². The second-order valence-corrected chi connectivity index (χ2v) is 5.28. The molecule has 1 N–H and O–H groups in total. The van der Waals surface area contributed by atoms with Crippen molar-refractivity contribution in [1.29, 1.82) is 0 Å². The summed E-state index contributed by atoms with van der Waals surface area (Å²) in [5.74, 6) is -0.359. The van der Waals surface area contributed by atoms with Gasteiger partial charge in [0.15, 0.2) is 11.9 Å². The molecule has 1 atom stereocenters. The van der Waals surface area contributed by atoms with Crippen molar-refractivity contribution in [2.24, 2.45) is 0 Å². The number of nitrogens with zero attached hydrogens (tertiary/aromatic N) is 1. The molecule has 1 unspecified atom stereocenters. The topological polar surface area (TPSA) is 90.7 Å². The summed E-state index contributed by atoms with van der Waals surface area (Å²) in [5.41, 5.74) is 0.708. The maximum Gasteiger partial charge on any atom is 0.347 e. The molecule has 1 heterocycles. The SMILES string of the molecule is O=C1OCCC1Oc1ccc(CNC2CC2)cc1[N+](=O)[O-]. The van der Waals surface area contributed by atoms with Gasteiger partial charge in [-0.3, -0.25) is 10.1 Å². The Hall–Kier alpha value is -2.15. The highest BCUT2D eigenvalue weighted by molar-refractivity contribution is 5.77. The second-order valence-electron chi connectivity index (χ2n) is 5.28. The fraction of sp³-hybridized carbons (Fsp3) is 0.500. The molecule has 0 bridgehead atoms. The van der Waals surface area contributed by atoms with E-state index in [1.807, 2.05) is 0 Å². The van der Waals surface area contributed by atoms with E-state index in [2.05, 4.69) is 5.32 Å². The van der Waals surface area contributed by atoms with Crippen LogP contribution in [-0.2, 0) is 16.1 Å². The van der Waals surface area contributed by atoms with Crippen molar-refractivity contribution in [1.82, 2.24) is 5.32 Å². The number of hydrogen-bond acceptors (Lipinski definition) is 6. The largest absolute Gasteiger partial charge is 0.471 e. The van der Waals surface area contributed by atoms with Crippen LogP contribution in [0.5, 0.6) is 5.75 Å². The highest BCUT2D eigenvalue weighted by Crippen LogP contribution is 2.30. The molecular formula is C14H16N2O5. The zero-order chi connectivity index (χ0) is 14.8. The third-order valence-electron chi connectivity index (χ3n) is 3.55. The zero-order valence-electron chi connectivity index (χ0n) is 11.4. The molecule has 21 heavy (non-hydrogen) atoms. The standard InChI is InChI=1S/C14H16N2O5/c17-14-13(5-6-20-14)21-12-4-1-9(7-11(12)16(18)19)8-15-10-2-3-10/h1,4,7,10,13,15H,2-3,5-6,8H2. The van der Waals surface area contributed by atoms with E-state index < -0.39 is 17.0 Å². The van der Waals surface area contributed by atoms with Crippen molar-refractivity contribution < 1.29 is 19.2 Å². The highest BCUT2D eigenvalue weighted by Gasteiger charge is 2.31. The summed E-state index contributed by atoms with van der Waals surface area (Å²) in [6, 6.07) is 5.35. The molecule has 0 aromatic heterocycles. The summed E-state index contributed by atoms with van der Waals surface area (Å²) >= 11 is 0. The predicted molar refractivity (Wildman–Crippen MR) is 73.0 cm³/mol. The summed E-state index contributed by atoms with van der Waals surface area (Å²) in [4.78, 5) is 22.1. The van der Waals surface area contributed by atoms with E-state index in [9.17, 15) is 14.9 Å². The normalized spacial score (nSPS) is 21.1. The number of benzene rings is 1. The number of ether oxygens (including phenoxy) is 2. The highest BCUT2D eigenvalue weighted by atomic mass is 16.6. The zero-order valence-corrected chi connectivity index (χ0v) is 11.4. The third kappa shape index (κ3) is 3.30. The van der Waals surface area contributed by atoms with Crippen LogP contribution < -0.4 is 10.1 Å². The van der Waals surface area contributed by atoms with Crippen molar-refractivity contribution in [3.8, 4) is 5.75 Å². The summed E-state index contributed by atoms with van der Waals surface area (Å²) in [5, 5.41) is 14.5. The van der Waals surface area contributed by atoms with E-state index >= 15 is 0 Å². The fourth-order valence-corrected chi connectivity index (χ4v) is 2.20. The second kappa shape index (κ2) is 5.69. The van der Waals surface area contributed by atoms with Crippen LogP contribution in [0.1, 0.15) is 24.8 Å². The average Bonchev–Trinajstić information content (AvgIpc) is 3.21. The molecule has 112 valence electrons. The molecule has 1 saturated carbocycles. The molecule has 0 radical (unpaired) electrons. The van der Waals surface area contributed by atoms with Crippen LogP contribution in [-0.4, -0.2) is 29.6 Å². The summed E-state index contributed by atoms with van der Waals surface area (Å²) < 4.78 is 10.2. The first-order valence-corrected chi connectivity index (χ1v) is 6.97. The van der Waals surface area contributed by atoms with Crippen molar-refractivity contribution >= 4 is 11.7 Å². The Bertz CT molecular complexity index is 570. The van der Waals surface area contributed by atoms with E-state index in [4.69, 9.17) is 9.47 Å². The maximum absolute atomic E-state index is 11.4. The molecule has 0 amide bonds. The molecule has 2 aliphatic rings. The predicted octanol–water partition coefficient (Wildman–Crippen LogP) is 1.54. The molecule has 0 spiro atoms. The maximum atomic E-state index is 11.4. The van der Waals surface area contributed by atoms with E-state index in [1.165, 1.54) is 6.07 Å². The van der Waals surface area contributed by atoms with Crippen LogP contribution >= 0.6 is 0 Å². The molecule has 1 aromatic rings. The van der Waals surface area contributed by atoms with Gasteiger partial charge in [-0.25, -0.2) is 4.79 Å². The van der Waals surface area contributed by atoms with Gasteiger partial charge in [0, 0.05) is 25.1 Å². The minimum Gasteiger partial charge on any atom is -0.471 e. The number of carbonyl (C=O) groups excluding carboxylic acids is 1. The van der Waals surface area contributed by atoms with Gasteiger partial charge in [0.05, 0.1) is 11.5 Å². The third-order valence-corrected chi connectivity index (χ3v) is 3.55. The minimum atomic E-state index is -0.751. The van der Waals surface area contributed by atoms with Crippen LogP contribution in [0.3, 0.4) is 0 Å². The first kappa shape index (κ1) is 13.8. The van der Waals surface area contributed by atoms with Gasteiger partial charge >= 0.3 is 11.7 Å². The molecule has 7 heteroatoms. The first-order valence-electron chi connectivity index (χ1n) is 6.97. The number of carbonyl (C=O) groups is 1. The monoisotopic (exact) mass is 292 g/mol. The molecule has 3 rings (SSSR count). The van der Waals surface area contributed by atoms with Crippen LogP contribution in [0.15, 0.2) is 18.2 Å². The number of nitro benzene ring substituents is 1. The lowest BCUT2D eigenvalue weighted by atomic mass is 10.2. The first-order chi connectivity index (χ1) is 10.1. The van der Waals surface area contributed by atoms with Gasteiger partial charge in [0.2, 0.25) is 0 Å².